The summed E-state index contributed by atoms with van der Waals surface area (Å²) in [5.74, 6) is -5.61. The number of aryl methyl sites for hydroxylation is 2. The lowest BCUT2D eigenvalue weighted by molar-refractivity contribution is 0.591. The molecule has 0 atom stereocenters. The zero-order chi connectivity index (χ0) is 23.5. The molecule has 0 bridgehead atoms. The van der Waals surface area contributed by atoms with Crippen molar-refractivity contribution in [2.45, 2.75) is 0 Å². The molecule has 0 amide bonds. The predicted molar refractivity (Wildman–Crippen MR) is 101 cm³/mol. The van der Waals surface area contributed by atoms with Gasteiger partial charge in [-0.25, -0.2) is 27.5 Å². The number of halogens is 4. The van der Waals surface area contributed by atoms with Gasteiger partial charge in [0.1, 0.15) is 46.3 Å². The van der Waals surface area contributed by atoms with Gasteiger partial charge in [-0.15, -0.1) is 0 Å². The van der Waals surface area contributed by atoms with E-state index in [0.717, 1.165) is 9.13 Å². The summed E-state index contributed by atoms with van der Waals surface area (Å²) in [6.45, 7) is 0. The summed E-state index contributed by atoms with van der Waals surface area (Å²) in [6.07, 6.45) is 0. The van der Waals surface area contributed by atoms with Crippen LogP contribution in [0.3, 0.4) is 0 Å². The van der Waals surface area contributed by atoms with Crippen LogP contribution in [0.2, 0.25) is 0 Å². The number of rotatable bonds is 0. The van der Waals surface area contributed by atoms with Crippen molar-refractivity contribution in [2.24, 2.45) is 14.1 Å². The highest BCUT2D eigenvalue weighted by Crippen LogP contribution is 2.36. The summed E-state index contributed by atoms with van der Waals surface area (Å²) in [4.78, 5) is 7.52. The number of hydrogen-bond donors (Lipinski definition) is 0. The van der Waals surface area contributed by atoms with E-state index in [2.05, 4.69) is 9.97 Å². The van der Waals surface area contributed by atoms with Crippen molar-refractivity contribution in [3.05, 3.63) is 34.2 Å². The van der Waals surface area contributed by atoms with Crippen molar-refractivity contribution in [1.82, 2.24) is 19.1 Å². The van der Waals surface area contributed by atoms with Crippen LogP contribution < -0.4 is 11.0 Å². The molecule has 2 aromatic carbocycles. The van der Waals surface area contributed by atoms with Gasteiger partial charge in [0, 0.05) is 14.1 Å². The van der Waals surface area contributed by atoms with Gasteiger partial charge < -0.3 is 9.13 Å². The molecule has 4 rings (SSSR count). The third-order valence-electron chi connectivity index (χ3n) is 5.04. The first-order valence-corrected chi connectivity index (χ1v) is 8.58. The van der Waals surface area contributed by atoms with Crippen molar-refractivity contribution in [1.29, 1.82) is 21.0 Å². The highest BCUT2D eigenvalue weighted by Gasteiger charge is 2.29. The molecule has 0 saturated carbocycles. The standard InChI is InChI=1S/C20H6F4N8/c1-31-17-13(23)9-10(11(21)15(17)29-19(31)7(3-25)4-26)14(24)18-16(12(9)22)30-20(32(18)2)8(5-27)6-28/h1-2H3. The molecule has 154 valence electrons. The molecule has 0 aliphatic rings. The number of hydrogen-bond acceptors (Lipinski definition) is 6. The van der Waals surface area contributed by atoms with Gasteiger partial charge in [-0.1, -0.05) is 0 Å². The van der Waals surface area contributed by atoms with Crippen molar-refractivity contribution < 1.29 is 17.6 Å². The quantitative estimate of drug-likeness (QED) is 0.386. The maximum atomic E-state index is 15.4. The van der Waals surface area contributed by atoms with Crippen LogP contribution >= 0.6 is 0 Å². The molecule has 2 aromatic heterocycles. The lowest BCUT2D eigenvalue weighted by Crippen LogP contribution is -2.18. The topological polar surface area (TPSA) is 131 Å². The molecule has 0 unspecified atom stereocenters. The predicted octanol–water partition coefficient (Wildman–Crippen LogP) is 1.57. The molecule has 2 heterocycles. The third kappa shape index (κ3) is 2.32. The monoisotopic (exact) mass is 434 g/mol. The van der Waals surface area contributed by atoms with Crippen LogP contribution in [-0.4, -0.2) is 19.1 Å². The molecule has 0 spiro atoms. The molecule has 8 nitrogen and oxygen atoms in total. The summed E-state index contributed by atoms with van der Waals surface area (Å²) in [7, 11) is 2.36. The SMILES string of the molecule is Cn1c(=C(C#N)C#N)nc2c(F)c3c(F)c4c(nc(=C(C#N)C#N)n4C)c(F)c3c(F)c21. The van der Waals surface area contributed by atoms with Crippen LogP contribution in [0.5, 0.6) is 0 Å². The first-order chi connectivity index (χ1) is 15.2. The van der Waals surface area contributed by atoms with E-state index in [1.807, 2.05) is 0 Å². The Hall–Kier alpha value is -4.94. The van der Waals surface area contributed by atoms with E-state index in [1.54, 1.807) is 24.3 Å². The van der Waals surface area contributed by atoms with Gasteiger partial charge in [0.05, 0.1) is 10.8 Å². The van der Waals surface area contributed by atoms with E-state index in [1.165, 1.54) is 14.1 Å². The van der Waals surface area contributed by atoms with Gasteiger partial charge in [0.25, 0.3) is 0 Å². The Morgan fingerprint density at radius 1 is 0.625 bits per heavy atom. The van der Waals surface area contributed by atoms with Crippen molar-refractivity contribution >= 4 is 44.0 Å². The Labute approximate surface area is 175 Å². The molecule has 32 heavy (non-hydrogen) atoms. The Balaban J connectivity index is 2.40. The van der Waals surface area contributed by atoms with Crippen molar-refractivity contribution in [3.63, 3.8) is 0 Å². The van der Waals surface area contributed by atoms with Gasteiger partial charge in [-0.2, -0.15) is 21.0 Å². The number of aromatic nitrogens is 4. The fourth-order valence-corrected chi connectivity index (χ4v) is 3.61. The molecule has 0 radical (unpaired) electrons. The number of nitriles is 4. The van der Waals surface area contributed by atoms with Crippen LogP contribution in [-0.2, 0) is 14.1 Å². The second-order valence-corrected chi connectivity index (χ2v) is 6.59. The summed E-state index contributed by atoms with van der Waals surface area (Å²) < 4.78 is 63.3. The van der Waals surface area contributed by atoms with Gasteiger partial charge in [-0.3, -0.25) is 0 Å². The fraction of sp³-hybridized carbons (Fsp3) is 0.100. The smallest absolute Gasteiger partial charge is 0.172 e. The van der Waals surface area contributed by atoms with E-state index in [-0.39, 0.29) is 11.0 Å². The van der Waals surface area contributed by atoms with Crippen LogP contribution in [0.4, 0.5) is 17.6 Å². The minimum atomic E-state index is -1.42. The van der Waals surface area contributed by atoms with Gasteiger partial charge in [-0.05, 0) is 0 Å². The molecule has 4 aromatic rings. The average Bonchev–Trinajstić information content (AvgIpc) is 3.30. The summed E-state index contributed by atoms with van der Waals surface area (Å²) in [5.41, 5.74) is -4.49. The summed E-state index contributed by atoms with van der Waals surface area (Å²) in [6, 6.07) is 6.17. The molecule has 0 fully saturated rings. The zero-order valence-electron chi connectivity index (χ0n) is 16.1. The lowest BCUT2D eigenvalue weighted by atomic mass is 10.0. The minimum absolute atomic E-state index is 0.383. The number of imidazole rings is 2. The molecule has 0 aliphatic carbocycles. The van der Waals surface area contributed by atoms with Crippen molar-refractivity contribution in [2.75, 3.05) is 0 Å². The highest BCUT2D eigenvalue weighted by molar-refractivity contribution is 6.04. The summed E-state index contributed by atoms with van der Waals surface area (Å²) in [5, 5.41) is 34.1. The van der Waals surface area contributed by atoms with Crippen molar-refractivity contribution in [3.8, 4) is 24.3 Å². The minimum Gasteiger partial charge on any atom is -0.323 e. The Morgan fingerprint density at radius 2 is 0.938 bits per heavy atom. The molecule has 0 N–H and O–H groups in total. The molecule has 0 saturated heterocycles. The zero-order valence-corrected chi connectivity index (χ0v) is 16.1. The first-order valence-electron chi connectivity index (χ1n) is 8.58. The highest BCUT2D eigenvalue weighted by atomic mass is 19.1. The first kappa shape index (κ1) is 20.3. The Bertz CT molecular complexity index is 1660. The van der Waals surface area contributed by atoms with Crippen LogP contribution in [0.1, 0.15) is 0 Å². The second-order valence-electron chi connectivity index (χ2n) is 6.59. The normalized spacial score (nSPS) is 10.7. The third-order valence-corrected chi connectivity index (χ3v) is 5.04. The fourth-order valence-electron chi connectivity index (χ4n) is 3.61. The summed E-state index contributed by atoms with van der Waals surface area (Å²) >= 11 is 0. The largest absolute Gasteiger partial charge is 0.323 e. The molecular formula is C20H6F4N8. The maximum Gasteiger partial charge on any atom is 0.172 e. The van der Waals surface area contributed by atoms with Crippen LogP contribution in [0.25, 0.3) is 44.0 Å². The van der Waals surface area contributed by atoms with E-state index in [4.69, 9.17) is 21.0 Å². The van der Waals surface area contributed by atoms with E-state index >= 15 is 17.6 Å². The number of nitrogens with zero attached hydrogens (tertiary/aromatic N) is 8. The maximum absolute atomic E-state index is 15.4. The van der Waals surface area contributed by atoms with E-state index < -0.39 is 67.3 Å². The molecule has 0 aliphatic heterocycles. The number of benzene rings is 2. The van der Waals surface area contributed by atoms with Gasteiger partial charge in [0.15, 0.2) is 45.4 Å². The Kier molecular flexibility index (Phi) is 4.32. The number of fused-ring (bicyclic) bond motifs is 3. The molecular weight excluding hydrogens is 428 g/mol. The van der Waals surface area contributed by atoms with Gasteiger partial charge >= 0.3 is 0 Å². The van der Waals surface area contributed by atoms with E-state index in [9.17, 15) is 0 Å². The average molecular weight is 434 g/mol. The van der Waals surface area contributed by atoms with Crippen LogP contribution in [0, 0.1) is 68.6 Å². The second kappa shape index (κ2) is 6.80. The Morgan fingerprint density at radius 3 is 1.22 bits per heavy atom. The van der Waals surface area contributed by atoms with E-state index in [0.29, 0.717) is 0 Å². The lowest BCUT2D eigenvalue weighted by Gasteiger charge is -2.09. The van der Waals surface area contributed by atoms with Crippen LogP contribution in [0.15, 0.2) is 0 Å². The van der Waals surface area contributed by atoms with Gasteiger partial charge in [0.2, 0.25) is 0 Å². The molecule has 12 heteroatoms.